The van der Waals surface area contributed by atoms with Crippen LogP contribution in [0.3, 0.4) is 0 Å². The topological polar surface area (TPSA) is 66.9 Å². The molecule has 0 unspecified atom stereocenters. The van der Waals surface area contributed by atoms with E-state index in [0.29, 0.717) is 23.3 Å². The highest BCUT2D eigenvalue weighted by atomic mass is 16.1. The van der Waals surface area contributed by atoms with E-state index in [2.05, 4.69) is 40.5 Å². The summed E-state index contributed by atoms with van der Waals surface area (Å²) >= 11 is 0. The molecular formula is C22H24N4O. The summed E-state index contributed by atoms with van der Waals surface area (Å²) in [5, 5.41) is 6.25. The van der Waals surface area contributed by atoms with Crippen LogP contribution in [0.4, 0.5) is 17.2 Å². The number of para-hydroxylation sites is 2. The van der Waals surface area contributed by atoms with Crippen molar-refractivity contribution in [2.75, 3.05) is 10.6 Å². The SMILES string of the molecule is Cc1nc(Nc2ccccc2C(C)C)cc(C(=O)Nc2ccccc2C)n1. The summed E-state index contributed by atoms with van der Waals surface area (Å²) in [6.07, 6.45) is 0. The van der Waals surface area contributed by atoms with Gasteiger partial charge in [-0.2, -0.15) is 0 Å². The quantitative estimate of drug-likeness (QED) is 0.655. The van der Waals surface area contributed by atoms with Crippen molar-refractivity contribution in [2.45, 2.75) is 33.6 Å². The van der Waals surface area contributed by atoms with Crippen LogP contribution in [0.5, 0.6) is 0 Å². The maximum atomic E-state index is 12.7. The largest absolute Gasteiger partial charge is 0.340 e. The first-order valence-electron chi connectivity index (χ1n) is 9.02. The van der Waals surface area contributed by atoms with Crippen LogP contribution in [0.25, 0.3) is 0 Å². The molecule has 0 saturated carbocycles. The summed E-state index contributed by atoms with van der Waals surface area (Å²) in [6.45, 7) is 8.03. The molecule has 0 aliphatic heterocycles. The van der Waals surface area contributed by atoms with Crippen molar-refractivity contribution >= 4 is 23.1 Å². The molecule has 0 saturated heterocycles. The molecule has 2 N–H and O–H groups in total. The number of carbonyl (C=O) groups is 1. The number of aryl methyl sites for hydroxylation is 2. The average molecular weight is 360 g/mol. The third-order valence-electron chi connectivity index (χ3n) is 4.31. The fraction of sp³-hybridized carbons (Fsp3) is 0.227. The minimum atomic E-state index is -0.255. The molecule has 0 radical (unpaired) electrons. The molecule has 1 amide bonds. The van der Waals surface area contributed by atoms with Crippen LogP contribution in [0.2, 0.25) is 0 Å². The van der Waals surface area contributed by atoms with Crippen LogP contribution < -0.4 is 10.6 Å². The first kappa shape index (κ1) is 18.6. The van der Waals surface area contributed by atoms with Crippen molar-refractivity contribution in [2.24, 2.45) is 0 Å². The fourth-order valence-corrected chi connectivity index (χ4v) is 2.90. The molecule has 0 aliphatic rings. The maximum Gasteiger partial charge on any atom is 0.274 e. The zero-order valence-corrected chi connectivity index (χ0v) is 16.1. The minimum absolute atomic E-state index is 0.255. The monoisotopic (exact) mass is 360 g/mol. The summed E-state index contributed by atoms with van der Waals surface area (Å²) in [5.74, 6) is 1.26. The summed E-state index contributed by atoms with van der Waals surface area (Å²) < 4.78 is 0. The molecule has 27 heavy (non-hydrogen) atoms. The molecule has 0 spiro atoms. The Morgan fingerprint density at radius 1 is 0.926 bits per heavy atom. The molecule has 0 aliphatic carbocycles. The van der Waals surface area contributed by atoms with Gasteiger partial charge in [-0.1, -0.05) is 50.2 Å². The Morgan fingerprint density at radius 3 is 2.30 bits per heavy atom. The van der Waals surface area contributed by atoms with Gasteiger partial charge in [-0.3, -0.25) is 4.79 Å². The molecule has 138 valence electrons. The molecule has 1 heterocycles. The smallest absolute Gasteiger partial charge is 0.274 e. The average Bonchev–Trinajstić information content (AvgIpc) is 2.63. The zero-order valence-electron chi connectivity index (χ0n) is 16.1. The van der Waals surface area contributed by atoms with Crippen LogP contribution in [-0.2, 0) is 0 Å². The molecule has 0 atom stereocenters. The lowest BCUT2D eigenvalue weighted by molar-refractivity contribution is 0.102. The van der Waals surface area contributed by atoms with Crippen molar-refractivity contribution < 1.29 is 4.79 Å². The van der Waals surface area contributed by atoms with Gasteiger partial charge in [0, 0.05) is 17.4 Å². The summed E-state index contributed by atoms with van der Waals surface area (Å²) in [6, 6.07) is 17.4. The van der Waals surface area contributed by atoms with Crippen molar-refractivity contribution in [3.8, 4) is 0 Å². The molecule has 3 rings (SSSR count). The van der Waals surface area contributed by atoms with E-state index >= 15 is 0 Å². The van der Waals surface area contributed by atoms with E-state index in [1.165, 1.54) is 5.56 Å². The van der Waals surface area contributed by atoms with Crippen LogP contribution in [0, 0.1) is 13.8 Å². The van der Waals surface area contributed by atoms with Crippen molar-refractivity contribution in [1.82, 2.24) is 9.97 Å². The van der Waals surface area contributed by atoms with Gasteiger partial charge < -0.3 is 10.6 Å². The van der Waals surface area contributed by atoms with Crippen LogP contribution >= 0.6 is 0 Å². The van der Waals surface area contributed by atoms with Gasteiger partial charge in [0.05, 0.1) is 0 Å². The van der Waals surface area contributed by atoms with E-state index in [4.69, 9.17) is 0 Å². The number of nitrogens with zero attached hydrogens (tertiary/aromatic N) is 2. The van der Waals surface area contributed by atoms with E-state index in [1.54, 1.807) is 13.0 Å². The third-order valence-corrected chi connectivity index (χ3v) is 4.31. The number of carbonyl (C=O) groups excluding carboxylic acids is 1. The Balaban J connectivity index is 1.87. The number of anilines is 3. The van der Waals surface area contributed by atoms with Gasteiger partial charge in [0.1, 0.15) is 17.3 Å². The zero-order chi connectivity index (χ0) is 19.4. The highest BCUT2D eigenvalue weighted by Gasteiger charge is 2.13. The van der Waals surface area contributed by atoms with Gasteiger partial charge in [-0.05, 0) is 43.0 Å². The number of hydrogen-bond acceptors (Lipinski definition) is 4. The molecule has 0 bridgehead atoms. The van der Waals surface area contributed by atoms with Crippen molar-refractivity contribution in [3.63, 3.8) is 0 Å². The van der Waals surface area contributed by atoms with E-state index < -0.39 is 0 Å². The second-order valence-electron chi connectivity index (χ2n) is 6.82. The molecular weight excluding hydrogens is 336 g/mol. The van der Waals surface area contributed by atoms with Gasteiger partial charge >= 0.3 is 0 Å². The van der Waals surface area contributed by atoms with E-state index in [1.807, 2.05) is 49.4 Å². The van der Waals surface area contributed by atoms with Gasteiger partial charge in [0.25, 0.3) is 5.91 Å². The molecule has 3 aromatic rings. The van der Waals surface area contributed by atoms with Crippen LogP contribution in [-0.4, -0.2) is 15.9 Å². The lowest BCUT2D eigenvalue weighted by atomic mass is 10.0. The normalized spacial score (nSPS) is 10.7. The number of hydrogen-bond donors (Lipinski definition) is 2. The Hall–Kier alpha value is -3.21. The summed E-state index contributed by atoms with van der Waals surface area (Å²) in [7, 11) is 0. The molecule has 1 aromatic heterocycles. The fourth-order valence-electron chi connectivity index (χ4n) is 2.90. The van der Waals surface area contributed by atoms with E-state index in [9.17, 15) is 4.79 Å². The second-order valence-corrected chi connectivity index (χ2v) is 6.82. The standard InChI is InChI=1S/C22H24N4O/c1-14(2)17-10-6-8-12-19(17)25-21-13-20(23-16(4)24-21)22(27)26-18-11-7-5-9-15(18)3/h5-14H,1-4H3,(H,26,27)(H,23,24,25). The molecule has 5 nitrogen and oxygen atoms in total. The number of rotatable bonds is 5. The van der Waals surface area contributed by atoms with E-state index in [-0.39, 0.29) is 5.91 Å². The molecule has 2 aromatic carbocycles. The number of aromatic nitrogens is 2. The Kier molecular flexibility index (Phi) is 5.50. The Morgan fingerprint density at radius 2 is 1.59 bits per heavy atom. The predicted molar refractivity (Wildman–Crippen MR) is 110 cm³/mol. The number of nitrogens with one attached hydrogen (secondary N) is 2. The summed E-state index contributed by atoms with van der Waals surface area (Å²) in [4.78, 5) is 21.4. The lowest BCUT2D eigenvalue weighted by Gasteiger charge is -2.15. The van der Waals surface area contributed by atoms with Crippen molar-refractivity contribution in [1.29, 1.82) is 0 Å². The van der Waals surface area contributed by atoms with Crippen LogP contribution in [0.15, 0.2) is 54.6 Å². The molecule has 0 fully saturated rings. The number of benzene rings is 2. The summed E-state index contributed by atoms with van der Waals surface area (Å²) in [5.41, 5.74) is 4.28. The number of amides is 1. The van der Waals surface area contributed by atoms with Crippen molar-refractivity contribution in [3.05, 3.63) is 77.2 Å². The Labute approximate surface area is 159 Å². The Bertz CT molecular complexity index is 966. The van der Waals surface area contributed by atoms with Crippen LogP contribution in [0.1, 0.15) is 47.2 Å². The maximum absolute atomic E-state index is 12.7. The first-order valence-corrected chi connectivity index (χ1v) is 9.02. The van der Waals surface area contributed by atoms with Gasteiger partial charge in [0.2, 0.25) is 0 Å². The lowest BCUT2D eigenvalue weighted by Crippen LogP contribution is -2.16. The third kappa shape index (κ3) is 4.50. The van der Waals surface area contributed by atoms with Gasteiger partial charge in [-0.15, -0.1) is 0 Å². The predicted octanol–water partition coefficient (Wildman–Crippen LogP) is 5.21. The van der Waals surface area contributed by atoms with Gasteiger partial charge in [-0.25, -0.2) is 9.97 Å². The molecule has 5 heteroatoms. The second kappa shape index (κ2) is 7.99. The first-order chi connectivity index (χ1) is 12.9. The van der Waals surface area contributed by atoms with E-state index in [0.717, 1.165) is 16.9 Å². The highest BCUT2D eigenvalue weighted by molar-refractivity contribution is 6.03. The minimum Gasteiger partial charge on any atom is -0.340 e. The van der Waals surface area contributed by atoms with Gasteiger partial charge in [0.15, 0.2) is 0 Å². The highest BCUT2D eigenvalue weighted by Crippen LogP contribution is 2.26.